The molecule has 0 aliphatic heterocycles. The van der Waals surface area contributed by atoms with Gasteiger partial charge in [0.2, 0.25) is 0 Å². The average Bonchev–Trinajstić information content (AvgIpc) is 3.10. The Labute approximate surface area is 110 Å². The monoisotopic (exact) mass is 277 g/mol. The number of nitrogens with one attached hydrogen (secondary N) is 1. The maximum atomic E-state index is 10.8. The van der Waals surface area contributed by atoms with E-state index in [1.54, 1.807) is 23.8 Å². The predicted molar refractivity (Wildman–Crippen MR) is 70.0 cm³/mol. The van der Waals surface area contributed by atoms with E-state index in [4.69, 9.17) is 5.11 Å². The molecule has 0 atom stereocenters. The van der Waals surface area contributed by atoms with Crippen LogP contribution in [0.5, 0.6) is 0 Å². The van der Waals surface area contributed by atoms with Gasteiger partial charge < -0.3 is 10.1 Å². The molecule has 5 nitrogen and oxygen atoms in total. The Bertz CT molecular complexity index is 685. The molecule has 90 valence electrons. The summed E-state index contributed by atoms with van der Waals surface area (Å²) in [7, 11) is 0. The zero-order valence-electron chi connectivity index (χ0n) is 8.95. The van der Waals surface area contributed by atoms with Gasteiger partial charge in [0.05, 0.1) is 16.1 Å². The lowest BCUT2D eigenvalue weighted by atomic mass is 10.3. The second-order valence-corrected chi connectivity index (χ2v) is 5.25. The minimum absolute atomic E-state index is 0.294. The van der Waals surface area contributed by atoms with Crippen molar-refractivity contribution in [3.05, 3.63) is 34.8 Å². The Hall–Kier alpha value is -1.99. The Morgan fingerprint density at radius 2 is 2.22 bits per heavy atom. The number of aromatic carboxylic acids is 1. The zero-order chi connectivity index (χ0) is 12.5. The fourth-order valence-electron chi connectivity index (χ4n) is 1.46. The quantitative estimate of drug-likeness (QED) is 0.771. The third-order valence-electron chi connectivity index (χ3n) is 2.30. The van der Waals surface area contributed by atoms with Crippen LogP contribution in [0.4, 0.5) is 0 Å². The van der Waals surface area contributed by atoms with Crippen LogP contribution >= 0.6 is 22.7 Å². The third kappa shape index (κ3) is 1.93. The molecular formula is C11H7N3O2S2. The van der Waals surface area contributed by atoms with E-state index in [-0.39, 0.29) is 0 Å². The van der Waals surface area contributed by atoms with Crippen LogP contribution in [0, 0.1) is 0 Å². The highest BCUT2D eigenvalue weighted by Crippen LogP contribution is 2.31. The van der Waals surface area contributed by atoms with E-state index in [1.807, 2.05) is 5.38 Å². The molecule has 7 heteroatoms. The highest BCUT2D eigenvalue weighted by Gasteiger charge is 2.12. The first kappa shape index (κ1) is 11.1. The van der Waals surface area contributed by atoms with E-state index in [1.165, 1.54) is 22.7 Å². The molecule has 2 N–H and O–H groups in total. The van der Waals surface area contributed by atoms with Crippen LogP contribution in [0.1, 0.15) is 10.4 Å². The molecule has 3 rings (SSSR count). The average molecular weight is 277 g/mol. The molecule has 0 spiro atoms. The second kappa shape index (κ2) is 4.35. The lowest BCUT2D eigenvalue weighted by Gasteiger charge is -1.89. The van der Waals surface area contributed by atoms with Crippen LogP contribution < -0.4 is 0 Å². The number of nitrogens with zero attached hydrogens (tertiary/aromatic N) is 2. The molecule has 3 aromatic heterocycles. The van der Waals surface area contributed by atoms with Gasteiger partial charge >= 0.3 is 5.97 Å². The van der Waals surface area contributed by atoms with Crippen molar-refractivity contribution in [2.75, 3.05) is 0 Å². The normalized spacial score (nSPS) is 10.7. The summed E-state index contributed by atoms with van der Waals surface area (Å²) in [5, 5.41) is 13.2. The molecule has 0 saturated heterocycles. The second-order valence-electron chi connectivity index (χ2n) is 3.48. The van der Waals surface area contributed by atoms with Gasteiger partial charge in [0.15, 0.2) is 10.8 Å². The standard InChI is InChI=1S/C11H7N3O2S2/c15-11(16)6-3-8(17-4-6)7-5-18-10(14-7)9-12-1-2-13-9/h1-5H,(H,12,13)(H,15,16). The van der Waals surface area contributed by atoms with Gasteiger partial charge in [-0.2, -0.15) is 0 Å². The van der Waals surface area contributed by atoms with Crippen molar-refractivity contribution >= 4 is 28.6 Å². The van der Waals surface area contributed by atoms with Gasteiger partial charge in [-0.05, 0) is 6.07 Å². The Kier molecular flexibility index (Phi) is 2.69. The summed E-state index contributed by atoms with van der Waals surface area (Å²) in [5.41, 5.74) is 1.08. The summed E-state index contributed by atoms with van der Waals surface area (Å²) in [6.45, 7) is 0. The van der Waals surface area contributed by atoms with Crippen molar-refractivity contribution in [2.45, 2.75) is 0 Å². The lowest BCUT2D eigenvalue weighted by molar-refractivity contribution is 0.0697. The van der Waals surface area contributed by atoms with E-state index in [9.17, 15) is 4.79 Å². The van der Waals surface area contributed by atoms with Crippen molar-refractivity contribution in [2.24, 2.45) is 0 Å². The molecule has 18 heavy (non-hydrogen) atoms. The van der Waals surface area contributed by atoms with Crippen LogP contribution in [-0.2, 0) is 0 Å². The Morgan fingerprint density at radius 3 is 2.89 bits per heavy atom. The number of H-pyrrole nitrogens is 1. The maximum Gasteiger partial charge on any atom is 0.336 e. The maximum absolute atomic E-state index is 10.8. The first-order chi connectivity index (χ1) is 8.74. The smallest absolute Gasteiger partial charge is 0.336 e. The number of thiophene rings is 1. The number of carboxylic acid groups (broad SMARTS) is 1. The van der Waals surface area contributed by atoms with E-state index in [0.717, 1.165) is 21.4 Å². The van der Waals surface area contributed by atoms with Crippen LogP contribution in [0.3, 0.4) is 0 Å². The van der Waals surface area contributed by atoms with Gasteiger partial charge in [-0.3, -0.25) is 0 Å². The molecule has 0 radical (unpaired) electrons. The van der Waals surface area contributed by atoms with Crippen LogP contribution in [0.15, 0.2) is 29.2 Å². The van der Waals surface area contributed by atoms with Crippen molar-refractivity contribution < 1.29 is 9.90 Å². The number of carboxylic acids is 1. The van der Waals surface area contributed by atoms with Gasteiger partial charge in [-0.1, -0.05) is 0 Å². The largest absolute Gasteiger partial charge is 0.478 e. The number of thiazole rings is 1. The topological polar surface area (TPSA) is 78.9 Å². The first-order valence-corrected chi connectivity index (χ1v) is 6.77. The van der Waals surface area contributed by atoms with Crippen molar-refractivity contribution in [3.63, 3.8) is 0 Å². The van der Waals surface area contributed by atoms with Crippen LogP contribution in [-0.4, -0.2) is 26.0 Å². The third-order valence-corrected chi connectivity index (χ3v) is 4.11. The summed E-state index contributed by atoms with van der Waals surface area (Å²) in [4.78, 5) is 23.2. The Morgan fingerprint density at radius 1 is 1.33 bits per heavy atom. The molecule has 0 bridgehead atoms. The molecule has 0 unspecified atom stereocenters. The molecular weight excluding hydrogens is 270 g/mol. The number of carbonyl (C=O) groups is 1. The molecule has 0 saturated carbocycles. The van der Waals surface area contributed by atoms with Gasteiger partial charge in [-0.15, -0.1) is 22.7 Å². The lowest BCUT2D eigenvalue weighted by Crippen LogP contribution is -1.91. The van der Waals surface area contributed by atoms with Gasteiger partial charge in [-0.25, -0.2) is 14.8 Å². The SMILES string of the molecule is O=C(O)c1csc(-c2csc(-c3ncc[nH]3)n2)c1. The highest BCUT2D eigenvalue weighted by molar-refractivity contribution is 7.15. The summed E-state index contributed by atoms with van der Waals surface area (Å²) in [6.07, 6.45) is 3.41. The summed E-state index contributed by atoms with van der Waals surface area (Å²) >= 11 is 2.85. The van der Waals surface area contributed by atoms with Crippen LogP contribution in [0.25, 0.3) is 21.4 Å². The van der Waals surface area contributed by atoms with E-state index in [0.29, 0.717) is 5.56 Å². The number of aromatic nitrogens is 3. The molecule has 0 amide bonds. The number of imidazole rings is 1. The fraction of sp³-hybridized carbons (Fsp3) is 0. The number of aromatic amines is 1. The predicted octanol–water partition coefficient (Wildman–Crippen LogP) is 2.96. The summed E-state index contributed by atoms with van der Waals surface area (Å²) in [5.74, 6) is -0.194. The van der Waals surface area contributed by atoms with Crippen molar-refractivity contribution in [1.82, 2.24) is 15.0 Å². The van der Waals surface area contributed by atoms with E-state index < -0.39 is 5.97 Å². The fourth-order valence-corrected chi connectivity index (χ4v) is 3.16. The Balaban J connectivity index is 1.95. The molecule has 0 fully saturated rings. The summed E-state index contributed by atoms with van der Waals surface area (Å²) in [6, 6.07) is 1.63. The minimum atomic E-state index is -0.918. The van der Waals surface area contributed by atoms with Crippen molar-refractivity contribution in [3.8, 4) is 21.4 Å². The summed E-state index contributed by atoms with van der Waals surface area (Å²) < 4.78 is 0. The van der Waals surface area contributed by atoms with Gasteiger partial charge in [0.1, 0.15) is 0 Å². The molecule has 3 heterocycles. The van der Waals surface area contributed by atoms with Crippen LogP contribution in [0.2, 0.25) is 0 Å². The van der Waals surface area contributed by atoms with Gasteiger partial charge in [0.25, 0.3) is 0 Å². The number of rotatable bonds is 3. The highest BCUT2D eigenvalue weighted by atomic mass is 32.1. The molecule has 0 aromatic carbocycles. The number of hydrogen-bond acceptors (Lipinski definition) is 5. The minimum Gasteiger partial charge on any atom is -0.478 e. The zero-order valence-corrected chi connectivity index (χ0v) is 10.6. The first-order valence-electron chi connectivity index (χ1n) is 5.01. The van der Waals surface area contributed by atoms with Gasteiger partial charge in [0, 0.05) is 23.2 Å². The van der Waals surface area contributed by atoms with E-state index >= 15 is 0 Å². The number of hydrogen-bond donors (Lipinski definition) is 2. The molecule has 3 aromatic rings. The van der Waals surface area contributed by atoms with Crippen molar-refractivity contribution in [1.29, 1.82) is 0 Å². The van der Waals surface area contributed by atoms with E-state index in [2.05, 4.69) is 15.0 Å². The molecule has 0 aliphatic carbocycles. The molecule has 0 aliphatic rings.